The highest BCUT2D eigenvalue weighted by molar-refractivity contribution is 7.89. The Balaban J connectivity index is 2.86. The average Bonchev–Trinajstić information content (AvgIpc) is 2.35. The molecule has 1 rings (SSSR count). The van der Waals surface area contributed by atoms with Crippen molar-refractivity contribution in [1.82, 2.24) is 9.29 Å². The normalized spacial score (nSPS) is 13.0. The highest BCUT2D eigenvalue weighted by atomic mass is 32.2. The van der Waals surface area contributed by atoms with Gasteiger partial charge in [0.25, 0.3) is 0 Å². The predicted octanol–water partition coefficient (Wildman–Crippen LogP) is 2.05. The molecule has 0 bridgehead atoms. The Morgan fingerprint density at radius 1 is 1.35 bits per heavy atom. The van der Waals surface area contributed by atoms with E-state index in [-0.39, 0.29) is 16.8 Å². The molecule has 0 amide bonds. The Kier molecular flexibility index (Phi) is 4.98. The molecule has 0 atom stereocenters. The number of rotatable bonds is 5. The molecule has 0 aliphatic carbocycles. The second-order valence-electron chi connectivity index (χ2n) is 4.35. The van der Waals surface area contributed by atoms with Gasteiger partial charge in [0.15, 0.2) is 6.61 Å². The molecule has 0 radical (unpaired) electrons. The first-order valence-electron chi connectivity index (χ1n) is 5.67. The van der Waals surface area contributed by atoms with Gasteiger partial charge in [0.1, 0.15) is 4.90 Å². The molecule has 0 spiro atoms. The van der Waals surface area contributed by atoms with Gasteiger partial charge in [-0.2, -0.15) is 17.5 Å². The number of pyridine rings is 1. The van der Waals surface area contributed by atoms with E-state index < -0.39 is 22.8 Å². The van der Waals surface area contributed by atoms with Gasteiger partial charge in [-0.3, -0.25) is 0 Å². The standard InChI is InChI=1S/C11H15F3N2O3S/c1-8(2)16(3)20(17,18)9-4-5-10(15-6-9)19-7-11(12,13)14/h4-6,8H,7H2,1-3H3. The third kappa shape index (κ3) is 4.34. The summed E-state index contributed by atoms with van der Waals surface area (Å²) >= 11 is 0. The molecule has 1 aromatic rings. The number of nitrogens with zero attached hydrogens (tertiary/aromatic N) is 2. The zero-order valence-corrected chi connectivity index (χ0v) is 12.0. The lowest BCUT2D eigenvalue weighted by molar-refractivity contribution is -0.154. The lowest BCUT2D eigenvalue weighted by Gasteiger charge is -2.20. The fraction of sp³-hybridized carbons (Fsp3) is 0.545. The molecule has 0 aliphatic rings. The summed E-state index contributed by atoms with van der Waals surface area (Å²) in [6.07, 6.45) is -3.50. The van der Waals surface area contributed by atoms with Crippen molar-refractivity contribution in [2.75, 3.05) is 13.7 Å². The molecule has 0 saturated heterocycles. The topological polar surface area (TPSA) is 59.5 Å². The molecule has 114 valence electrons. The Hall–Kier alpha value is -1.35. The van der Waals surface area contributed by atoms with Crippen molar-refractivity contribution in [3.63, 3.8) is 0 Å². The monoisotopic (exact) mass is 312 g/mol. The van der Waals surface area contributed by atoms with Crippen molar-refractivity contribution in [2.24, 2.45) is 0 Å². The second-order valence-corrected chi connectivity index (χ2v) is 6.35. The van der Waals surface area contributed by atoms with E-state index in [1.54, 1.807) is 13.8 Å². The molecule has 0 fully saturated rings. The molecule has 0 saturated carbocycles. The van der Waals surface area contributed by atoms with Gasteiger partial charge in [-0.05, 0) is 19.9 Å². The maximum absolute atomic E-state index is 12.1. The summed E-state index contributed by atoms with van der Waals surface area (Å²) in [5.74, 6) is -0.284. The lowest BCUT2D eigenvalue weighted by Crippen LogP contribution is -2.33. The van der Waals surface area contributed by atoms with Gasteiger partial charge in [0, 0.05) is 19.2 Å². The highest BCUT2D eigenvalue weighted by Gasteiger charge is 2.29. The van der Waals surface area contributed by atoms with Crippen LogP contribution in [-0.4, -0.2) is 43.6 Å². The van der Waals surface area contributed by atoms with E-state index in [0.717, 1.165) is 22.6 Å². The molecule has 0 aliphatic heterocycles. The number of ether oxygens (including phenoxy) is 1. The van der Waals surface area contributed by atoms with Crippen LogP contribution in [0.5, 0.6) is 5.88 Å². The number of aromatic nitrogens is 1. The van der Waals surface area contributed by atoms with Crippen molar-refractivity contribution >= 4 is 10.0 Å². The quantitative estimate of drug-likeness (QED) is 0.835. The van der Waals surface area contributed by atoms with Gasteiger partial charge in [-0.25, -0.2) is 13.4 Å². The fourth-order valence-corrected chi connectivity index (χ4v) is 2.52. The van der Waals surface area contributed by atoms with Crippen LogP contribution in [0.4, 0.5) is 13.2 Å². The summed E-state index contributed by atoms with van der Waals surface area (Å²) in [6.45, 7) is 1.93. The second kappa shape index (κ2) is 5.96. The van der Waals surface area contributed by atoms with Crippen LogP contribution in [0.25, 0.3) is 0 Å². The number of halogens is 3. The van der Waals surface area contributed by atoms with Crippen LogP contribution >= 0.6 is 0 Å². The summed E-state index contributed by atoms with van der Waals surface area (Å²) in [5, 5.41) is 0. The van der Waals surface area contributed by atoms with E-state index in [0.29, 0.717) is 0 Å². The Bertz CT molecular complexity index is 541. The van der Waals surface area contributed by atoms with E-state index in [4.69, 9.17) is 0 Å². The molecule has 9 heteroatoms. The lowest BCUT2D eigenvalue weighted by atomic mass is 10.4. The summed E-state index contributed by atoms with van der Waals surface area (Å²) in [4.78, 5) is 3.46. The van der Waals surface area contributed by atoms with Crippen LogP contribution in [0.1, 0.15) is 13.8 Å². The van der Waals surface area contributed by atoms with E-state index in [1.165, 1.54) is 7.05 Å². The van der Waals surface area contributed by atoms with Crippen molar-refractivity contribution in [3.8, 4) is 5.88 Å². The molecule has 1 heterocycles. The van der Waals surface area contributed by atoms with Gasteiger partial charge in [0.05, 0.1) is 6.20 Å². The van der Waals surface area contributed by atoms with Gasteiger partial charge >= 0.3 is 6.18 Å². The van der Waals surface area contributed by atoms with Gasteiger partial charge in [0.2, 0.25) is 15.9 Å². The zero-order chi connectivity index (χ0) is 15.6. The predicted molar refractivity (Wildman–Crippen MR) is 65.9 cm³/mol. The first kappa shape index (κ1) is 16.7. The van der Waals surface area contributed by atoms with Crippen LogP contribution in [0, 0.1) is 0 Å². The van der Waals surface area contributed by atoms with Crippen molar-refractivity contribution in [3.05, 3.63) is 18.3 Å². The Labute approximate surface area is 115 Å². The molecule has 20 heavy (non-hydrogen) atoms. The van der Waals surface area contributed by atoms with Crippen molar-refractivity contribution in [2.45, 2.75) is 31.0 Å². The van der Waals surface area contributed by atoms with Crippen LogP contribution in [0.15, 0.2) is 23.2 Å². The van der Waals surface area contributed by atoms with E-state index in [9.17, 15) is 21.6 Å². The number of sulfonamides is 1. The third-order valence-corrected chi connectivity index (χ3v) is 4.51. The number of hydrogen-bond acceptors (Lipinski definition) is 4. The molecule has 5 nitrogen and oxygen atoms in total. The third-order valence-electron chi connectivity index (χ3n) is 2.50. The molecule has 1 aromatic heterocycles. The maximum Gasteiger partial charge on any atom is 0.422 e. The van der Waals surface area contributed by atoms with Crippen molar-refractivity contribution in [1.29, 1.82) is 0 Å². The zero-order valence-electron chi connectivity index (χ0n) is 11.2. The smallest absolute Gasteiger partial charge is 0.422 e. The van der Waals surface area contributed by atoms with Crippen LogP contribution in [0.2, 0.25) is 0 Å². The van der Waals surface area contributed by atoms with Gasteiger partial charge < -0.3 is 4.74 Å². The first-order valence-corrected chi connectivity index (χ1v) is 7.11. The van der Waals surface area contributed by atoms with E-state index in [2.05, 4.69) is 9.72 Å². The molecular formula is C11H15F3N2O3S. The van der Waals surface area contributed by atoms with Crippen LogP contribution in [-0.2, 0) is 10.0 Å². The minimum Gasteiger partial charge on any atom is -0.468 e. The number of alkyl halides is 3. The summed E-state index contributed by atoms with van der Waals surface area (Å²) < 4.78 is 65.5. The Morgan fingerprint density at radius 3 is 2.35 bits per heavy atom. The summed E-state index contributed by atoms with van der Waals surface area (Å²) in [7, 11) is -2.29. The minimum atomic E-state index is -4.47. The maximum atomic E-state index is 12.1. The summed E-state index contributed by atoms with van der Waals surface area (Å²) in [6, 6.07) is 2.00. The minimum absolute atomic E-state index is 0.104. The molecular weight excluding hydrogens is 297 g/mol. The average molecular weight is 312 g/mol. The van der Waals surface area contributed by atoms with Crippen LogP contribution < -0.4 is 4.74 Å². The van der Waals surface area contributed by atoms with Gasteiger partial charge in [-0.15, -0.1) is 0 Å². The Morgan fingerprint density at radius 2 is 1.95 bits per heavy atom. The summed E-state index contributed by atoms with van der Waals surface area (Å²) in [5.41, 5.74) is 0. The van der Waals surface area contributed by atoms with Crippen molar-refractivity contribution < 1.29 is 26.3 Å². The van der Waals surface area contributed by atoms with E-state index in [1.807, 2.05) is 0 Å². The van der Waals surface area contributed by atoms with E-state index >= 15 is 0 Å². The fourth-order valence-electron chi connectivity index (χ4n) is 1.20. The molecule has 0 unspecified atom stereocenters. The SMILES string of the molecule is CC(C)N(C)S(=O)(=O)c1ccc(OCC(F)(F)F)nc1. The largest absolute Gasteiger partial charge is 0.468 e. The van der Waals surface area contributed by atoms with Crippen LogP contribution in [0.3, 0.4) is 0 Å². The molecule has 0 aromatic carbocycles. The number of hydrogen-bond donors (Lipinski definition) is 0. The van der Waals surface area contributed by atoms with Gasteiger partial charge in [-0.1, -0.05) is 0 Å². The first-order chi connectivity index (χ1) is 9.04. The highest BCUT2D eigenvalue weighted by Crippen LogP contribution is 2.20. The molecule has 0 N–H and O–H groups in total.